The van der Waals surface area contributed by atoms with Crippen LogP contribution in [0, 0.1) is 11.8 Å². The monoisotopic (exact) mass is 277 g/mol. The molecule has 2 N–H and O–H groups in total. The van der Waals surface area contributed by atoms with Crippen molar-refractivity contribution in [2.75, 3.05) is 7.05 Å². The van der Waals surface area contributed by atoms with Gasteiger partial charge in [0.15, 0.2) is 0 Å². The number of amides is 1. The molecule has 1 saturated carbocycles. The molecule has 2 rings (SSSR count). The van der Waals surface area contributed by atoms with Gasteiger partial charge in [-0.3, -0.25) is 9.59 Å². The van der Waals surface area contributed by atoms with Crippen LogP contribution < -0.4 is 0 Å². The molecule has 108 valence electrons. The van der Waals surface area contributed by atoms with Crippen LogP contribution in [0.15, 0.2) is 24.3 Å². The summed E-state index contributed by atoms with van der Waals surface area (Å²) in [5.41, 5.74) is 0.906. The Morgan fingerprint density at radius 3 is 2.40 bits per heavy atom. The fourth-order valence-electron chi connectivity index (χ4n) is 2.79. The highest BCUT2D eigenvalue weighted by atomic mass is 16.4. The molecule has 1 aliphatic rings. The molecule has 5 heteroatoms. The number of carboxylic acid groups (broad SMARTS) is 1. The number of carboxylic acids is 1. The van der Waals surface area contributed by atoms with Crippen molar-refractivity contribution < 1.29 is 19.8 Å². The van der Waals surface area contributed by atoms with Crippen molar-refractivity contribution in [1.82, 2.24) is 4.90 Å². The maximum Gasteiger partial charge on any atom is 0.307 e. The number of nitrogens with zero attached hydrogens (tertiary/aromatic N) is 1. The van der Waals surface area contributed by atoms with E-state index >= 15 is 0 Å². The van der Waals surface area contributed by atoms with Crippen LogP contribution in [0.1, 0.15) is 24.8 Å². The number of carbonyl (C=O) groups excluding carboxylic acids is 1. The summed E-state index contributed by atoms with van der Waals surface area (Å²) in [5, 5.41) is 18.4. The van der Waals surface area contributed by atoms with E-state index in [-0.39, 0.29) is 11.7 Å². The van der Waals surface area contributed by atoms with E-state index in [0.29, 0.717) is 19.4 Å². The lowest BCUT2D eigenvalue weighted by Gasteiger charge is -2.23. The van der Waals surface area contributed by atoms with E-state index in [1.165, 1.54) is 0 Å². The van der Waals surface area contributed by atoms with Crippen molar-refractivity contribution in [2.45, 2.75) is 25.8 Å². The van der Waals surface area contributed by atoms with E-state index in [2.05, 4.69) is 0 Å². The molecule has 0 aliphatic heterocycles. The number of hydrogen-bond acceptors (Lipinski definition) is 3. The normalized spacial score (nSPS) is 21.6. The average Bonchev–Trinajstić information content (AvgIpc) is 2.90. The molecule has 1 amide bonds. The third kappa shape index (κ3) is 3.10. The van der Waals surface area contributed by atoms with Crippen molar-refractivity contribution in [3.05, 3.63) is 29.8 Å². The van der Waals surface area contributed by atoms with Gasteiger partial charge in [0.1, 0.15) is 5.75 Å². The minimum Gasteiger partial charge on any atom is -0.508 e. The second-order valence-electron chi connectivity index (χ2n) is 5.34. The van der Waals surface area contributed by atoms with Crippen molar-refractivity contribution in [3.8, 4) is 5.75 Å². The number of phenols is 1. The Kier molecular flexibility index (Phi) is 4.27. The van der Waals surface area contributed by atoms with Crippen LogP contribution in [-0.4, -0.2) is 34.0 Å². The predicted octanol–water partition coefficient (Wildman–Crippen LogP) is 1.85. The Hall–Kier alpha value is -2.04. The van der Waals surface area contributed by atoms with Gasteiger partial charge in [-0.15, -0.1) is 0 Å². The summed E-state index contributed by atoms with van der Waals surface area (Å²) in [6.45, 7) is 0.419. The highest BCUT2D eigenvalue weighted by Gasteiger charge is 2.38. The molecular formula is C15H19NO4. The van der Waals surface area contributed by atoms with Gasteiger partial charge in [-0.05, 0) is 30.5 Å². The van der Waals surface area contributed by atoms with Gasteiger partial charge in [-0.2, -0.15) is 0 Å². The van der Waals surface area contributed by atoms with Crippen LogP contribution in [0.3, 0.4) is 0 Å². The highest BCUT2D eigenvalue weighted by molar-refractivity contribution is 5.85. The maximum absolute atomic E-state index is 12.3. The summed E-state index contributed by atoms with van der Waals surface area (Å²) in [4.78, 5) is 25.0. The summed E-state index contributed by atoms with van der Waals surface area (Å²) in [5.74, 6) is -1.76. The van der Waals surface area contributed by atoms with Crippen LogP contribution in [0.5, 0.6) is 5.75 Å². The van der Waals surface area contributed by atoms with Gasteiger partial charge >= 0.3 is 5.97 Å². The molecular weight excluding hydrogens is 258 g/mol. The molecule has 0 saturated heterocycles. The first-order valence-electron chi connectivity index (χ1n) is 6.74. The first-order valence-corrected chi connectivity index (χ1v) is 6.74. The van der Waals surface area contributed by atoms with Gasteiger partial charge in [0.2, 0.25) is 5.91 Å². The zero-order valence-corrected chi connectivity index (χ0v) is 11.5. The molecule has 0 radical (unpaired) electrons. The molecule has 1 aromatic rings. The molecule has 0 bridgehead atoms. The number of aromatic hydroxyl groups is 1. The fourth-order valence-corrected chi connectivity index (χ4v) is 2.79. The lowest BCUT2D eigenvalue weighted by atomic mass is 9.95. The summed E-state index contributed by atoms with van der Waals surface area (Å²) in [7, 11) is 1.69. The van der Waals surface area contributed by atoms with Gasteiger partial charge in [0.05, 0.1) is 11.8 Å². The SMILES string of the molecule is CN(Cc1ccc(O)cc1)C(=O)C1CCCC1C(=O)O. The molecule has 0 heterocycles. The lowest BCUT2D eigenvalue weighted by Crippen LogP contribution is -2.36. The molecule has 5 nitrogen and oxygen atoms in total. The van der Waals surface area contributed by atoms with Crippen LogP contribution in [0.25, 0.3) is 0 Å². The first-order chi connectivity index (χ1) is 9.49. The van der Waals surface area contributed by atoms with Gasteiger partial charge in [0, 0.05) is 13.6 Å². The van der Waals surface area contributed by atoms with E-state index in [1.54, 1.807) is 36.2 Å². The van der Waals surface area contributed by atoms with Crippen LogP contribution >= 0.6 is 0 Å². The summed E-state index contributed by atoms with van der Waals surface area (Å²) < 4.78 is 0. The zero-order valence-electron chi connectivity index (χ0n) is 11.5. The first kappa shape index (κ1) is 14.4. The van der Waals surface area contributed by atoms with Crippen LogP contribution in [0.4, 0.5) is 0 Å². The van der Waals surface area contributed by atoms with Crippen molar-refractivity contribution in [3.63, 3.8) is 0 Å². The standard InChI is InChI=1S/C15H19NO4/c1-16(9-10-5-7-11(17)8-6-10)14(18)12-3-2-4-13(12)15(19)20/h5-8,12-13,17H,2-4,9H2,1H3,(H,19,20). The Labute approximate surface area is 117 Å². The van der Waals surface area contributed by atoms with Gasteiger partial charge < -0.3 is 15.1 Å². The zero-order chi connectivity index (χ0) is 14.7. The average molecular weight is 277 g/mol. The Morgan fingerprint density at radius 2 is 1.80 bits per heavy atom. The number of carbonyl (C=O) groups is 2. The number of benzene rings is 1. The van der Waals surface area contributed by atoms with E-state index < -0.39 is 17.8 Å². The van der Waals surface area contributed by atoms with E-state index in [9.17, 15) is 14.7 Å². The molecule has 0 spiro atoms. The third-order valence-electron chi connectivity index (χ3n) is 3.88. The Bertz CT molecular complexity index is 497. The number of hydrogen-bond donors (Lipinski definition) is 2. The van der Waals surface area contributed by atoms with E-state index in [1.807, 2.05) is 0 Å². The molecule has 0 aromatic heterocycles. The number of phenolic OH excluding ortho intramolecular Hbond substituents is 1. The quantitative estimate of drug-likeness (QED) is 0.880. The summed E-state index contributed by atoms with van der Waals surface area (Å²) in [6.07, 6.45) is 2.02. The second kappa shape index (κ2) is 5.94. The summed E-state index contributed by atoms with van der Waals surface area (Å²) >= 11 is 0. The minimum absolute atomic E-state index is 0.108. The second-order valence-corrected chi connectivity index (χ2v) is 5.34. The molecule has 2 atom stereocenters. The lowest BCUT2D eigenvalue weighted by molar-refractivity contribution is -0.148. The summed E-state index contributed by atoms with van der Waals surface area (Å²) in [6, 6.07) is 6.65. The molecule has 1 aromatic carbocycles. The van der Waals surface area contributed by atoms with Crippen molar-refractivity contribution in [2.24, 2.45) is 11.8 Å². The van der Waals surface area contributed by atoms with E-state index in [4.69, 9.17) is 5.11 Å². The minimum atomic E-state index is -0.876. The number of aliphatic carboxylic acids is 1. The third-order valence-corrected chi connectivity index (χ3v) is 3.88. The molecule has 20 heavy (non-hydrogen) atoms. The maximum atomic E-state index is 12.3. The van der Waals surface area contributed by atoms with Crippen LogP contribution in [0.2, 0.25) is 0 Å². The Balaban J connectivity index is 2.01. The van der Waals surface area contributed by atoms with Gasteiger partial charge in [-0.1, -0.05) is 18.6 Å². The Morgan fingerprint density at radius 1 is 1.20 bits per heavy atom. The van der Waals surface area contributed by atoms with Gasteiger partial charge in [-0.25, -0.2) is 0 Å². The van der Waals surface area contributed by atoms with Crippen LogP contribution in [-0.2, 0) is 16.1 Å². The van der Waals surface area contributed by atoms with E-state index in [0.717, 1.165) is 12.0 Å². The van der Waals surface area contributed by atoms with Crippen molar-refractivity contribution in [1.29, 1.82) is 0 Å². The number of rotatable bonds is 4. The smallest absolute Gasteiger partial charge is 0.307 e. The molecule has 1 aliphatic carbocycles. The van der Waals surface area contributed by atoms with Crippen molar-refractivity contribution >= 4 is 11.9 Å². The predicted molar refractivity (Wildman–Crippen MR) is 73.0 cm³/mol. The topological polar surface area (TPSA) is 77.8 Å². The van der Waals surface area contributed by atoms with Gasteiger partial charge in [0.25, 0.3) is 0 Å². The highest BCUT2D eigenvalue weighted by Crippen LogP contribution is 2.33. The fraction of sp³-hybridized carbons (Fsp3) is 0.467. The molecule has 1 fully saturated rings. The largest absolute Gasteiger partial charge is 0.508 e. The molecule has 2 unspecified atom stereocenters.